The molecular weight excluding hydrogens is 270 g/mol. The third-order valence-electron chi connectivity index (χ3n) is 3.97. The van der Waals surface area contributed by atoms with Gasteiger partial charge >= 0.3 is 0 Å². The van der Waals surface area contributed by atoms with Crippen LogP contribution >= 0.6 is 0 Å². The third kappa shape index (κ3) is 3.78. The molecule has 2 atom stereocenters. The lowest BCUT2D eigenvalue weighted by Gasteiger charge is -2.34. The van der Waals surface area contributed by atoms with Crippen LogP contribution in [0.4, 0.5) is 11.4 Å². The van der Waals surface area contributed by atoms with E-state index in [1.54, 1.807) is 18.2 Å². The number of piperidine rings is 1. The Bertz CT molecular complexity index is 533. The van der Waals surface area contributed by atoms with Gasteiger partial charge < -0.3 is 5.32 Å². The molecule has 0 bridgehead atoms. The highest BCUT2D eigenvalue weighted by molar-refractivity contribution is 5.96. The predicted molar refractivity (Wildman–Crippen MR) is 81.2 cm³/mol. The number of nitro groups is 1. The van der Waals surface area contributed by atoms with Crippen molar-refractivity contribution in [2.75, 3.05) is 18.4 Å². The molecule has 6 nitrogen and oxygen atoms in total. The Labute approximate surface area is 124 Å². The van der Waals surface area contributed by atoms with Crippen molar-refractivity contribution in [2.45, 2.75) is 32.7 Å². The number of rotatable bonds is 4. The maximum absolute atomic E-state index is 12.3. The number of carbonyl (C=O) groups excluding carboxylic acids is 1. The summed E-state index contributed by atoms with van der Waals surface area (Å²) < 4.78 is 0. The van der Waals surface area contributed by atoms with Gasteiger partial charge in [0.1, 0.15) is 5.69 Å². The van der Waals surface area contributed by atoms with E-state index in [1.165, 1.54) is 12.5 Å². The molecule has 2 unspecified atom stereocenters. The molecule has 0 aromatic heterocycles. The summed E-state index contributed by atoms with van der Waals surface area (Å²) in [6.45, 7) is 5.82. The molecule has 6 heteroatoms. The Balaban J connectivity index is 2.05. The summed E-state index contributed by atoms with van der Waals surface area (Å²) in [6.07, 6.45) is 2.28. The van der Waals surface area contributed by atoms with Crippen LogP contribution in [0.1, 0.15) is 26.7 Å². The van der Waals surface area contributed by atoms with Gasteiger partial charge in [0.05, 0.1) is 11.0 Å². The van der Waals surface area contributed by atoms with Crippen molar-refractivity contribution < 1.29 is 9.72 Å². The number of para-hydroxylation sites is 2. The van der Waals surface area contributed by atoms with Gasteiger partial charge in [0.25, 0.3) is 5.69 Å². The Hall–Kier alpha value is -1.95. The highest BCUT2D eigenvalue weighted by Gasteiger charge is 2.26. The number of likely N-dealkylation sites (tertiary alicyclic amines) is 1. The van der Waals surface area contributed by atoms with Gasteiger partial charge in [-0.25, -0.2) is 0 Å². The standard InChI is InChI=1S/C15H21N3O3/c1-11-6-5-9-17(10-11)12(2)15(19)16-13-7-3-4-8-14(13)18(20)21/h3-4,7-8,11-12H,5-6,9-10H2,1-2H3,(H,16,19). The topological polar surface area (TPSA) is 75.5 Å². The Kier molecular flexibility index (Phi) is 4.90. The second kappa shape index (κ2) is 6.67. The molecule has 2 rings (SSSR count). The van der Waals surface area contributed by atoms with Gasteiger partial charge in [-0.05, 0) is 38.3 Å². The molecular formula is C15H21N3O3. The van der Waals surface area contributed by atoms with E-state index in [4.69, 9.17) is 0 Å². The van der Waals surface area contributed by atoms with E-state index >= 15 is 0 Å². The monoisotopic (exact) mass is 291 g/mol. The van der Waals surface area contributed by atoms with Crippen LogP contribution < -0.4 is 5.32 Å². The molecule has 21 heavy (non-hydrogen) atoms. The van der Waals surface area contributed by atoms with Crippen LogP contribution in [0.15, 0.2) is 24.3 Å². The molecule has 1 saturated heterocycles. The van der Waals surface area contributed by atoms with Crippen LogP contribution in [0.25, 0.3) is 0 Å². The average Bonchev–Trinajstić information content (AvgIpc) is 2.46. The Morgan fingerprint density at radius 1 is 1.48 bits per heavy atom. The number of nitrogens with one attached hydrogen (secondary N) is 1. The van der Waals surface area contributed by atoms with Crippen molar-refractivity contribution in [2.24, 2.45) is 5.92 Å². The first-order valence-electron chi connectivity index (χ1n) is 7.27. The number of nitrogens with zero attached hydrogens (tertiary/aromatic N) is 2. The Morgan fingerprint density at radius 2 is 2.19 bits per heavy atom. The zero-order valence-electron chi connectivity index (χ0n) is 12.4. The average molecular weight is 291 g/mol. The molecule has 1 aromatic carbocycles. The van der Waals surface area contributed by atoms with E-state index < -0.39 is 4.92 Å². The van der Waals surface area contributed by atoms with Crippen LogP contribution in [0, 0.1) is 16.0 Å². The lowest BCUT2D eigenvalue weighted by atomic mass is 9.99. The fourth-order valence-electron chi connectivity index (χ4n) is 2.72. The zero-order chi connectivity index (χ0) is 15.4. The fraction of sp³-hybridized carbons (Fsp3) is 0.533. The smallest absolute Gasteiger partial charge is 0.292 e. The second-order valence-electron chi connectivity index (χ2n) is 5.68. The van der Waals surface area contributed by atoms with Crippen molar-refractivity contribution in [1.29, 1.82) is 0 Å². The van der Waals surface area contributed by atoms with Crippen molar-refractivity contribution in [1.82, 2.24) is 4.90 Å². The molecule has 1 fully saturated rings. The Morgan fingerprint density at radius 3 is 2.86 bits per heavy atom. The summed E-state index contributed by atoms with van der Waals surface area (Å²) in [5.41, 5.74) is 0.175. The summed E-state index contributed by atoms with van der Waals surface area (Å²) in [5, 5.41) is 13.6. The molecule has 1 amide bonds. The highest BCUT2D eigenvalue weighted by Crippen LogP contribution is 2.24. The van der Waals surface area contributed by atoms with E-state index in [2.05, 4.69) is 17.1 Å². The molecule has 0 aliphatic carbocycles. The maximum Gasteiger partial charge on any atom is 0.292 e. The van der Waals surface area contributed by atoms with Crippen molar-refractivity contribution in [3.63, 3.8) is 0 Å². The predicted octanol–water partition coefficient (Wildman–Crippen LogP) is 2.65. The lowest BCUT2D eigenvalue weighted by molar-refractivity contribution is -0.383. The van der Waals surface area contributed by atoms with Crippen LogP contribution in [0.2, 0.25) is 0 Å². The lowest BCUT2D eigenvalue weighted by Crippen LogP contribution is -2.46. The van der Waals surface area contributed by atoms with E-state index in [9.17, 15) is 14.9 Å². The van der Waals surface area contributed by atoms with Gasteiger partial charge in [0, 0.05) is 12.6 Å². The third-order valence-corrected chi connectivity index (χ3v) is 3.97. The number of hydrogen-bond acceptors (Lipinski definition) is 4. The van der Waals surface area contributed by atoms with Crippen LogP contribution in [0.3, 0.4) is 0 Å². The molecule has 0 radical (unpaired) electrons. The molecule has 114 valence electrons. The minimum absolute atomic E-state index is 0.0786. The van der Waals surface area contributed by atoms with Crippen molar-refractivity contribution >= 4 is 17.3 Å². The molecule has 1 heterocycles. The van der Waals surface area contributed by atoms with Crippen molar-refractivity contribution in [3.8, 4) is 0 Å². The minimum Gasteiger partial charge on any atom is -0.319 e. The van der Waals surface area contributed by atoms with E-state index in [0.29, 0.717) is 5.92 Å². The highest BCUT2D eigenvalue weighted by atomic mass is 16.6. The molecule has 1 aliphatic heterocycles. The van der Waals surface area contributed by atoms with Gasteiger partial charge in [-0.1, -0.05) is 19.1 Å². The summed E-state index contributed by atoms with van der Waals surface area (Å²) in [4.78, 5) is 24.9. The number of nitro benzene ring substituents is 1. The van der Waals surface area contributed by atoms with Gasteiger partial charge in [-0.3, -0.25) is 19.8 Å². The first-order chi connectivity index (χ1) is 9.99. The van der Waals surface area contributed by atoms with E-state index in [0.717, 1.165) is 19.5 Å². The van der Waals surface area contributed by atoms with Crippen LogP contribution in [-0.2, 0) is 4.79 Å². The summed E-state index contributed by atoms with van der Waals surface area (Å²) in [7, 11) is 0. The second-order valence-corrected chi connectivity index (χ2v) is 5.68. The molecule has 0 spiro atoms. The fourth-order valence-corrected chi connectivity index (χ4v) is 2.72. The van der Waals surface area contributed by atoms with Crippen molar-refractivity contribution in [3.05, 3.63) is 34.4 Å². The van der Waals surface area contributed by atoms with Crippen LogP contribution in [0.5, 0.6) is 0 Å². The molecule has 0 saturated carbocycles. The normalized spacial score (nSPS) is 20.8. The summed E-state index contributed by atoms with van der Waals surface area (Å²) >= 11 is 0. The number of anilines is 1. The molecule has 1 aromatic rings. The zero-order valence-corrected chi connectivity index (χ0v) is 12.4. The maximum atomic E-state index is 12.3. The van der Waals surface area contributed by atoms with Gasteiger partial charge in [-0.2, -0.15) is 0 Å². The minimum atomic E-state index is -0.483. The first kappa shape index (κ1) is 15.4. The van der Waals surface area contributed by atoms with Crippen LogP contribution in [-0.4, -0.2) is 34.9 Å². The van der Waals surface area contributed by atoms with Gasteiger partial charge in [0.15, 0.2) is 0 Å². The van der Waals surface area contributed by atoms with E-state index in [1.807, 2.05) is 6.92 Å². The molecule has 1 aliphatic rings. The SMILES string of the molecule is CC1CCCN(C(C)C(=O)Nc2ccccc2[N+](=O)[O-])C1. The summed E-state index contributed by atoms with van der Waals surface area (Å²) in [6, 6.07) is 5.93. The quantitative estimate of drug-likeness (QED) is 0.683. The van der Waals surface area contributed by atoms with Gasteiger partial charge in [0.2, 0.25) is 5.91 Å². The van der Waals surface area contributed by atoms with Gasteiger partial charge in [-0.15, -0.1) is 0 Å². The number of benzene rings is 1. The summed E-state index contributed by atoms with van der Waals surface area (Å²) in [5.74, 6) is 0.387. The number of carbonyl (C=O) groups is 1. The number of amides is 1. The molecule has 1 N–H and O–H groups in total. The number of hydrogen-bond donors (Lipinski definition) is 1. The van der Waals surface area contributed by atoms with E-state index in [-0.39, 0.29) is 23.3 Å². The largest absolute Gasteiger partial charge is 0.319 e. The first-order valence-corrected chi connectivity index (χ1v) is 7.27.